The van der Waals surface area contributed by atoms with Crippen molar-refractivity contribution in [2.45, 2.75) is 13.5 Å². The normalized spacial score (nSPS) is 10.2. The molecule has 0 aliphatic heterocycles. The van der Waals surface area contributed by atoms with Gasteiger partial charge in [-0.05, 0) is 19.1 Å². The van der Waals surface area contributed by atoms with Crippen LogP contribution >= 0.6 is 0 Å². The standard InChI is InChI=1S/C14H14N2O3/c1-2-19-14(18)10-16-8-6-11(17)9-13(16)12-5-3-4-7-15-12/h3-9H,2,10H2,1H3. The molecule has 2 heterocycles. The summed E-state index contributed by atoms with van der Waals surface area (Å²) >= 11 is 0. The molecule has 0 aliphatic rings. The molecule has 0 fully saturated rings. The molecule has 0 spiro atoms. The Morgan fingerprint density at radius 3 is 2.89 bits per heavy atom. The van der Waals surface area contributed by atoms with Gasteiger partial charge in [-0.3, -0.25) is 14.6 Å². The summed E-state index contributed by atoms with van der Waals surface area (Å²) in [6, 6.07) is 8.28. The minimum atomic E-state index is -0.344. The number of nitrogens with zero attached hydrogens (tertiary/aromatic N) is 2. The SMILES string of the molecule is CCOC(=O)Cn1ccc(=O)cc1-c1ccccn1. The maximum Gasteiger partial charge on any atom is 0.325 e. The van der Waals surface area contributed by atoms with E-state index in [4.69, 9.17) is 4.74 Å². The van der Waals surface area contributed by atoms with Crippen LogP contribution < -0.4 is 5.43 Å². The third-order valence-corrected chi connectivity index (χ3v) is 2.54. The van der Waals surface area contributed by atoms with E-state index in [-0.39, 0.29) is 17.9 Å². The largest absolute Gasteiger partial charge is 0.465 e. The Morgan fingerprint density at radius 2 is 2.21 bits per heavy atom. The summed E-state index contributed by atoms with van der Waals surface area (Å²) in [5, 5.41) is 0. The average molecular weight is 258 g/mol. The Morgan fingerprint density at radius 1 is 1.37 bits per heavy atom. The van der Waals surface area contributed by atoms with E-state index in [1.165, 1.54) is 12.1 Å². The van der Waals surface area contributed by atoms with E-state index >= 15 is 0 Å². The van der Waals surface area contributed by atoms with Gasteiger partial charge in [0, 0.05) is 24.5 Å². The van der Waals surface area contributed by atoms with Gasteiger partial charge in [0.2, 0.25) is 0 Å². The van der Waals surface area contributed by atoms with E-state index in [0.29, 0.717) is 18.0 Å². The highest BCUT2D eigenvalue weighted by Gasteiger charge is 2.09. The maximum absolute atomic E-state index is 11.5. The van der Waals surface area contributed by atoms with Crippen LogP contribution in [0.4, 0.5) is 0 Å². The van der Waals surface area contributed by atoms with Crippen LogP contribution in [0.2, 0.25) is 0 Å². The second-order valence-corrected chi connectivity index (χ2v) is 3.90. The molecule has 98 valence electrons. The fourth-order valence-corrected chi connectivity index (χ4v) is 1.73. The summed E-state index contributed by atoms with van der Waals surface area (Å²) in [6.45, 7) is 2.14. The topological polar surface area (TPSA) is 61.2 Å². The molecule has 0 unspecified atom stereocenters. The van der Waals surface area contributed by atoms with Crippen molar-refractivity contribution in [1.82, 2.24) is 9.55 Å². The van der Waals surface area contributed by atoms with E-state index in [2.05, 4.69) is 4.98 Å². The molecule has 19 heavy (non-hydrogen) atoms. The van der Waals surface area contributed by atoms with Crippen molar-refractivity contribution < 1.29 is 9.53 Å². The predicted octanol–water partition coefficient (Wildman–Crippen LogP) is 1.47. The van der Waals surface area contributed by atoms with Crippen molar-refractivity contribution in [3.05, 3.63) is 52.9 Å². The Labute approximate surface area is 110 Å². The molecule has 0 amide bonds. The van der Waals surface area contributed by atoms with Gasteiger partial charge in [-0.15, -0.1) is 0 Å². The quantitative estimate of drug-likeness (QED) is 0.779. The molecule has 0 N–H and O–H groups in total. The second-order valence-electron chi connectivity index (χ2n) is 3.90. The Balaban J connectivity index is 2.39. The summed E-state index contributed by atoms with van der Waals surface area (Å²) in [6.07, 6.45) is 3.21. The molecule has 0 saturated heterocycles. The van der Waals surface area contributed by atoms with E-state index < -0.39 is 0 Å². The van der Waals surface area contributed by atoms with Gasteiger partial charge in [0.15, 0.2) is 5.43 Å². The van der Waals surface area contributed by atoms with E-state index in [9.17, 15) is 9.59 Å². The van der Waals surface area contributed by atoms with Gasteiger partial charge >= 0.3 is 5.97 Å². The first kappa shape index (κ1) is 13.0. The van der Waals surface area contributed by atoms with Crippen LogP contribution in [0.15, 0.2) is 47.5 Å². The fourth-order valence-electron chi connectivity index (χ4n) is 1.73. The molecule has 5 nitrogen and oxygen atoms in total. The summed E-state index contributed by atoms with van der Waals surface area (Å²) in [5.41, 5.74) is 1.12. The van der Waals surface area contributed by atoms with Crippen LogP contribution in [-0.4, -0.2) is 22.1 Å². The Kier molecular flexibility index (Phi) is 4.07. The monoisotopic (exact) mass is 258 g/mol. The molecular formula is C14H14N2O3. The Hall–Kier alpha value is -2.43. The van der Waals surface area contributed by atoms with Crippen molar-refractivity contribution in [3.8, 4) is 11.4 Å². The zero-order valence-corrected chi connectivity index (χ0v) is 10.6. The molecular weight excluding hydrogens is 244 g/mol. The molecule has 5 heteroatoms. The first-order valence-corrected chi connectivity index (χ1v) is 5.98. The zero-order valence-electron chi connectivity index (χ0n) is 10.6. The van der Waals surface area contributed by atoms with Crippen LogP contribution in [0.3, 0.4) is 0 Å². The molecule has 0 radical (unpaired) electrons. The molecule has 2 aromatic heterocycles. The number of esters is 1. The molecule has 2 aromatic rings. The first-order chi connectivity index (χ1) is 9.20. The van der Waals surface area contributed by atoms with Crippen LogP contribution in [0, 0.1) is 0 Å². The van der Waals surface area contributed by atoms with Crippen LogP contribution in [0.5, 0.6) is 0 Å². The molecule has 0 bridgehead atoms. The van der Waals surface area contributed by atoms with Gasteiger partial charge in [-0.2, -0.15) is 0 Å². The van der Waals surface area contributed by atoms with Crippen molar-refractivity contribution in [2.75, 3.05) is 6.61 Å². The van der Waals surface area contributed by atoms with Gasteiger partial charge in [-0.1, -0.05) is 6.07 Å². The van der Waals surface area contributed by atoms with Crippen molar-refractivity contribution >= 4 is 5.97 Å². The second kappa shape index (κ2) is 5.95. The summed E-state index contributed by atoms with van der Waals surface area (Å²) in [7, 11) is 0. The molecule has 0 aromatic carbocycles. The van der Waals surface area contributed by atoms with Gasteiger partial charge < -0.3 is 9.30 Å². The maximum atomic E-state index is 11.5. The van der Waals surface area contributed by atoms with Gasteiger partial charge in [0.25, 0.3) is 0 Å². The fraction of sp³-hybridized carbons (Fsp3) is 0.214. The average Bonchev–Trinajstić information content (AvgIpc) is 2.42. The van der Waals surface area contributed by atoms with Gasteiger partial charge in [0.1, 0.15) is 6.54 Å². The minimum absolute atomic E-state index is 0.0556. The van der Waals surface area contributed by atoms with E-state index in [0.717, 1.165) is 0 Å². The van der Waals surface area contributed by atoms with Crippen molar-refractivity contribution in [2.24, 2.45) is 0 Å². The van der Waals surface area contributed by atoms with Crippen molar-refractivity contribution in [3.63, 3.8) is 0 Å². The predicted molar refractivity (Wildman–Crippen MR) is 70.6 cm³/mol. The van der Waals surface area contributed by atoms with Gasteiger partial charge in [0.05, 0.1) is 18.0 Å². The zero-order chi connectivity index (χ0) is 13.7. The van der Waals surface area contributed by atoms with E-state index in [1.54, 1.807) is 36.0 Å². The number of aromatic nitrogens is 2. The first-order valence-electron chi connectivity index (χ1n) is 5.98. The third-order valence-electron chi connectivity index (χ3n) is 2.54. The third kappa shape index (κ3) is 3.28. The summed E-state index contributed by atoms with van der Waals surface area (Å²) < 4.78 is 6.56. The molecule has 0 saturated carbocycles. The van der Waals surface area contributed by atoms with Crippen molar-refractivity contribution in [1.29, 1.82) is 0 Å². The van der Waals surface area contributed by atoms with Crippen LogP contribution in [-0.2, 0) is 16.1 Å². The molecule has 2 rings (SSSR count). The highest BCUT2D eigenvalue weighted by Crippen LogP contribution is 2.14. The number of pyridine rings is 2. The number of ether oxygens (including phenoxy) is 1. The lowest BCUT2D eigenvalue weighted by Gasteiger charge is -2.11. The van der Waals surface area contributed by atoms with Gasteiger partial charge in [-0.25, -0.2) is 0 Å². The smallest absolute Gasteiger partial charge is 0.325 e. The Bertz CT molecular complexity index is 620. The number of rotatable bonds is 4. The lowest BCUT2D eigenvalue weighted by molar-refractivity contribution is -0.143. The lowest BCUT2D eigenvalue weighted by Crippen LogP contribution is -2.17. The number of hydrogen-bond donors (Lipinski definition) is 0. The molecule has 0 aliphatic carbocycles. The van der Waals surface area contributed by atoms with E-state index in [1.807, 2.05) is 6.07 Å². The lowest BCUT2D eigenvalue weighted by atomic mass is 10.2. The highest BCUT2D eigenvalue weighted by atomic mass is 16.5. The van der Waals surface area contributed by atoms with Crippen LogP contribution in [0.1, 0.15) is 6.92 Å². The number of carbonyl (C=O) groups excluding carboxylic acids is 1. The number of hydrogen-bond acceptors (Lipinski definition) is 4. The summed E-state index contributed by atoms with van der Waals surface area (Å²) in [5.74, 6) is -0.344. The van der Waals surface area contributed by atoms with Crippen LogP contribution in [0.25, 0.3) is 11.4 Å². The molecule has 0 atom stereocenters. The minimum Gasteiger partial charge on any atom is -0.465 e. The number of carbonyl (C=O) groups is 1. The highest BCUT2D eigenvalue weighted by molar-refractivity contribution is 5.70. The summed E-state index contributed by atoms with van der Waals surface area (Å²) in [4.78, 5) is 27.2.